The summed E-state index contributed by atoms with van der Waals surface area (Å²) in [5.74, 6) is -0.377. The topological polar surface area (TPSA) is 109 Å². The van der Waals surface area contributed by atoms with Crippen LogP contribution in [0.5, 0.6) is 0 Å². The number of aromatic nitrogens is 3. The Morgan fingerprint density at radius 1 is 1.41 bits per heavy atom. The molecule has 0 radical (unpaired) electrons. The number of carbonyl (C=O) groups excluding carboxylic acids is 1. The van der Waals surface area contributed by atoms with Gasteiger partial charge in [-0.3, -0.25) is 14.5 Å². The van der Waals surface area contributed by atoms with E-state index in [0.29, 0.717) is 5.69 Å². The molecule has 2 aromatic heterocycles. The highest BCUT2D eigenvalue weighted by Crippen LogP contribution is 2.41. The smallest absolute Gasteiger partial charge is 0.358 e. The Bertz CT molecular complexity index is 748. The molecule has 0 bridgehead atoms. The highest BCUT2D eigenvalue weighted by atomic mass is 35.5. The fourth-order valence-corrected chi connectivity index (χ4v) is 3.34. The zero-order valence-electron chi connectivity index (χ0n) is 12.2. The highest BCUT2D eigenvalue weighted by molar-refractivity contribution is 7.55. The highest BCUT2D eigenvalue weighted by Gasteiger charge is 2.21. The van der Waals surface area contributed by atoms with E-state index >= 15 is 0 Å². The van der Waals surface area contributed by atoms with Crippen LogP contribution in [0, 0.1) is 0 Å². The monoisotopic (exact) mass is 346 g/mol. The van der Waals surface area contributed by atoms with Gasteiger partial charge in [-0.15, -0.1) is 0 Å². The van der Waals surface area contributed by atoms with E-state index in [1.165, 1.54) is 16.7 Å². The molecule has 0 aliphatic rings. The van der Waals surface area contributed by atoms with Gasteiger partial charge in [-0.1, -0.05) is 11.6 Å². The average molecular weight is 347 g/mol. The first-order valence-corrected chi connectivity index (χ1v) is 8.85. The van der Waals surface area contributed by atoms with Crippen molar-refractivity contribution in [2.45, 2.75) is 20.0 Å². The molecule has 0 spiro atoms. The number of ether oxygens (including phenoxy) is 1. The van der Waals surface area contributed by atoms with Crippen LogP contribution in [0.4, 0.5) is 0 Å². The predicted molar refractivity (Wildman–Crippen MR) is 81.1 cm³/mol. The largest absolute Gasteiger partial charge is 0.461 e. The molecule has 8 nitrogen and oxygen atoms in total. The molecule has 0 aromatic carbocycles. The summed E-state index contributed by atoms with van der Waals surface area (Å²) in [5, 5.41) is 0.153. The molecule has 0 fully saturated rings. The van der Waals surface area contributed by atoms with Gasteiger partial charge in [0.15, 0.2) is 5.69 Å². The van der Waals surface area contributed by atoms with Crippen molar-refractivity contribution >= 4 is 30.9 Å². The Balaban J connectivity index is 2.45. The Kier molecular flexibility index (Phi) is 5.18. The minimum atomic E-state index is -3.32. The van der Waals surface area contributed by atoms with Crippen molar-refractivity contribution < 1.29 is 18.6 Å². The summed E-state index contributed by atoms with van der Waals surface area (Å²) in [6.45, 7) is 3.86. The van der Waals surface area contributed by atoms with Crippen LogP contribution in [0.15, 0.2) is 12.3 Å². The van der Waals surface area contributed by atoms with Crippen LogP contribution in [0.1, 0.15) is 30.0 Å². The minimum Gasteiger partial charge on any atom is -0.461 e. The molecule has 0 aliphatic heterocycles. The lowest BCUT2D eigenvalue weighted by Gasteiger charge is -2.13. The van der Waals surface area contributed by atoms with E-state index in [-0.39, 0.29) is 36.0 Å². The van der Waals surface area contributed by atoms with Gasteiger partial charge in [0, 0.05) is 11.9 Å². The number of fused-ring (bicyclic) bond motifs is 1. The normalized spacial score (nSPS) is 14.0. The standard InChI is InChI=1S/C12H16ClN4O4P/c1-3-20-11(18)9-6-17-8(7-22(14,19)21-4-2)5-10(13)16-12(17)15-9/h5-6H,3-4,7H2,1-2H3,(H2,14,19). The van der Waals surface area contributed by atoms with Crippen molar-refractivity contribution in [3.63, 3.8) is 0 Å². The number of nitrogens with two attached hydrogens (primary N) is 1. The van der Waals surface area contributed by atoms with Crippen LogP contribution in [-0.4, -0.2) is 33.6 Å². The lowest BCUT2D eigenvalue weighted by atomic mass is 10.4. The van der Waals surface area contributed by atoms with Crippen LogP contribution in [0.25, 0.3) is 5.78 Å². The van der Waals surface area contributed by atoms with Crippen molar-refractivity contribution in [1.29, 1.82) is 0 Å². The van der Waals surface area contributed by atoms with Gasteiger partial charge in [-0.05, 0) is 19.9 Å². The van der Waals surface area contributed by atoms with E-state index in [4.69, 9.17) is 26.4 Å². The van der Waals surface area contributed by atoms with Crippen molar-refractivity contribution in [1.82, 2.24) is 14.4 Å². The third kappa shape index (κ3) is 3.84. The Labute approximate surface area is 132 Å². The maximum Gasteiger partial charge on any atom is 0.358 e. The molecule has 0 saturated carbocycles. The van der Waals surface area contributed by atoms with Crippen LogP contribution in [0.3, 0.4) is 0 Å². The van der Waals surface area contributed by atoms with E-state index in [1.807, 2.05) is 0 Å². The van der Waals surface area contributed by atoms with Crippen LogP contribution >= 0.6 is 19.1 Å². The van der Waals surface area contributed by atoms with Gasteiger partial charge in [0.1, 0.15) is 5.15 Å². The fraction of sp³-hybridized carbons (Fsp3) is 0.417. The van der Waals surface area contributed by atoms with E-state index in [0.717, 1.165) is 0 Å². The number of carbonyl (C=O) groups is 1. The average Bonchev–Trinajstić information content (AvgIpc) is 2.82. The van der Waals surface area contributed by atoms with Crippen molar-refractivity contribution in [2.24, 2.45) is 5.50 Å². The lowest BCUT2D eigenvalue weighted by Crippen LogP contribution is -2.07. The van der Waals surface area contributed by atoms with Gasteiger partial charge in [-0.2, -0.15) is 0 Å². The van der Waals surface area contributed by atoms with Crippen LogP contribution in [-0.2, 0) is 20.0 Å². The Morgan fingerprint density at radius 2 is 2.14 bits per heavy atom. The Morgan fingerprint density at radius 3 is 2.77 bits per heavy atom. The second kappa shape index (κ2) is 6.75. The number of halogens is 1. The summed E-state index contributed by atoms with van der Waals surface area (Å²) < 4.78 is 23.6. The van der Waals surface area contributed by atoms with Crippen LogP contribution < -0.4 is 5.50 Å². The number of hydrogen-bond donors (Lipinski definition) is 1. The molecule has 2 heterocycles. The molecule has 120 valence electrons. The van der Waals surface area contributed by atoms with Crippen LogP contribution in [0.2, 0.25) is 5.15 Å². The summed E-state index contributed by atoms with van der Waals surface area (Å²) in [7, 11) is -3.32. The lowest BCUT2D eigenvalue weighted by molar-refractivity contribution is 0.0520. The Hall–Kier alpha value is -1.47. The maximum atomic E-state index is 12.1. The second-order valence-corrected chi connectivity index (χ2v) is 6.80. The van der Waals surface area contributed by atoms with Gasteiger partial charge in [0.25, 0.3) is 7.52 Å². The van der Waals surface area contributed by atoms with Gasteiger partial charge in [0.2, 0.25) is 5.78 Å². The molecule has 0 aliphatic carbocycles. The number of nitrogens with zero attached hydrogens (tertiary/aromatic N) is 3. The maximum absolute atomic E-state index is 12.1. The molecular formula is C12H16ClN4O4P. The molecule has 1 unspecified atom stereocenters. The van der Waals surface area contributed by atoms with Gasteiger partial charge >= 0.3 is 5.97 Å². The first kappa shape index (κ1) is 16.9. The molecule has 0 amide bonds. The van der Waals surface area contributed by atoms with E-state index < -0.39 is 13.5 Å². The molecule has 1 atom stereocenters. The second-order valence-electron chi connectivity index (χ2n) is 4.39. The fourth-order valence-electron chi connectivity index (χ4n) is 1.91. The first-order valence-electron chi connectivity index (χ1n) is 6.60. The quantitative estimate of drug-likeness (QED) is 0.485. The molecule has 10 heteroatoms. The van der Waals surface area contributed by atoms with Gasteiger partial charge in [-0.25, -0.2) is 14.8 Å². The summed E-state index contributed by atoms with van der Waals surface area (Å²) >= 11 is 5.93. The SMILES string of the molecule is CCOC(=O)c1cn2c(CP(N)(=O)OCC)cc(Cl)nc2n1. The molecule has 2 N–H and O–H groups in total. The third-order valence-corrected chi connectivity index (χ3v) is 4.36. The summed E-state index contributed by atoms with van der Waals surface area (Å²) in [5.41, 5.74) is 6.23. The van der Waals surface area contributed by atoms with Crippen molar-refractivity contribution in [2.75, 3.05) is 13.2 Å². The summed E-state index contributed by atoms with van der Waals surface area (Å²) in [4.78, 5) is 19.8. The molecule has 22 heavy (non-hydrogen) atoms. The number of hydrogen-bond acceptors (Lipinski definition) is 6. The number of imidazole rings is 1. The molecule has 0 saturated heterocycles. The predicted octanol–water partition coefficient (Wildman–Crippen LogP) is 2.25. The van der Waals surface area contributed by atoms with Gasteiger partial charge < -0.3 is 9.26 Å². The van der Waals surface area contributed by atoms with E-state index in [9.17, 15) is 9.36 Å². The zero-order valence-corrected chi connectivity index (χ0v) is 13.8. The number of rotatable bonds is 6. The summed E-state index contributed by atoms with van der Waals surface area (Å²) in [6, 6.07) is 1.50. The van der Waals surface area contributed by atoms with Gasteiger partial charge in [0.05, 0.1) is 19.4 Å². The molecule has 2 rings (SSSR count). The number of esters is 1. The molecular weight excluding hydrogens is 331 g/mol. The first-order chi connectivity index (χ1) is 10.4. The zero-order chi connectivity index (χ0) is 16.3. The van der Waals surface area contributed by atoms with Crippen molar-refractivity contribution in [3.05, 3.63) is 28.8 Å². The third-order valence-electron chi connectivity index (χ3n) is 2.70. The van der Waals surface area contributed by atoms with Crippen molar-refractivity contribution in [3.8, 4) is 0 Å². The summed E-state index contributed by atoms with van der Waals surface area (Å²) in [6.07, 6.45) is 1.39. The molecule has 2 aromatic rings. The minimum absolute atomic E-state index is 0.0573. The van der Waals surface area contributed by atoms with E-state index in [2.05, 4.69) is 9.97 Å². The van der Waals surface area contributed by atoms with E-state index in [1.54, 1.807) is 13.8 Å².